The van der Waals surface area contributed by atoms with Crippen LogP contribution in [0, 0.1) is 11.8 Å². The van der Waals surface area contributed by atoms with Crippen LogP contribution in [0.1, 0.15) is 51.5 Å². The van der Waals surface area contributed by atoms with Gasteiger partial charge in [0.05, 0.1) is 0 Å². The van der Waals surface area contributed by atoms with Gasteiger partial charge < -0.3 is 21.1 Å². The second kappa shape index (κ2) is 11.3. The first kappa shape index (κ1) is 23.4. The van der Waals surface area contributed by atoms with Gasteiger partial charge in [-0.3, -0.25) is 14.4 Å². The average Bonchev–Trinajstić information content (AvgIpc) is 2.70. The van der Waals surface area contributed by atoms with Crippen molar-refractivity contribution >= 4 is 23.7 Å². The van der Waals surface area contributed by atoms with E-state index in [-0.39, 0.29) is 30.6 Å². The Kier molecular flexibility index (Phi) is 8.83. The van der Waals surface area contributed by atoms with E-state index in [4.69, 9.17) is 10.5 Å². The second-order valence-corrected chi connectivity index (χ2v) is 8.17. The van der Waals surface area contributed by atoms with Crippen molar-refractivity contribution in [3.63, 3.8) is 0 Å². The van der Waals surface area contributed by atoms with Gasteiger partial charge in [0, 0.05) is 12.8 Å². The standard InChI is InChI=1S/C22H31N3O5/c1-14(2)11-18(24-22(29)30-13-15-7-4-3-5-8-15)21(28)25-19(20(23)27)16-9-6-10-17(26)12-16/h3-5,7-8,14,16,18-19H,6,9-13H2,1-2H3,(H2,23,27)(H,24,29)(H,25,28)/t16-,18-,19+/m0/s1. The molecule has 0 aliphatic heterocycles. The van der Waals surface area contributed by atoms with Gasteiger partial charge in [-0.05, 0) is 36.7 Å². The molecule has 0 saturated heterocycles. The van der Waals surface area contributed by atoms with Crippen LogP contribution in [0.3, 0.4) is 0 Å². The van der Waals surface area contributed by atoms with Crippen LogP contribution in [0.4, 0.5) is 4.79 Å². The number of hydrogen-bond acceptors (Lipinski definition) is 5. The van der Waals surface area contributed by atoms with Crippen LogP contribution >= 0.6 is 0 Å². The van der Waals surface area contributed by atoms with Crippen LogP contribution in [0.25, 0.3) is 0 Å². The molecular formula is C22H31N3O5. The maximum atomic E-state index is 12.9. The van der Waals surface area contributed by atoms with Crippen molar-refractivity contribution in [3.05, 3.63) is 35.9 Å². The van der Waals surface area contributed by atoms with Gasteiger partial charge in [-0.2, -0.15) is 0 Å². The van der Waals surface area contributed by atoms with E-state index in [0.717, 1.165) is 5.56 Å². The van der Waals surface area contributed by atoms with Gasteiger partial charge in [-0.1, -0.05) is 44.2 Å². The molecule has 0 unspecified atom stereocenters. The third-order valence-corrected chi connectivity index (χ3v) is 5.12. The first-order valence-electron chi connectivity index (χ1n) is 10.3. The number of benzene rings is 1. The number of carbonyl (C=O) groups excluding carboxylic acids is 4. The quantitative estimate of drug-likeness (QED) is 0.567. The fourth-order valence-electron chi connectivity index (χ4n) is 3.63. The van der Waals surface area contributed by atoms with E-state index in [1.807, 2.05) is 44.2 Å². The Balaban J connectivity index is 1.99. The molecule has 0 bridgehead atoms. The summed E-state index contributed by atoms with van der Waals surface area (Å²) in [5.74, 6) is -1.34. The van der Waals surface area contributed by atoms with E-state index in [1.165, 1.54) is 0 Å². The van der Waals surface area contributed by atoms with Crippen LogP contribution in [0.5, 0.6) is 0 Å². The molecule has 3 amide bonds. The van der Waals surface area contributed by atoms with Crippen LogP contribution in [-0.2, 0) is 25.7 Å². The Bertz CT molecular complexity index is 750. The molecule has 4 N–H and O–H groups in total. The number of rotatable bonds is 9. The molecule has 0 radical (unpaired) electrons. The number of amides is 3. The molecule has 2 rings (SSSR count). The normalized spacial score (nSPS) is 18.4. The Morgan fingerprint density at radius 1 is 1.17 bits per heavy atom. The maximum Gasteiger partial charge on any atom is 0.408 e. The molecule has 1 fully saturated rings. The van der Waals surface area contributed by atoms with Crippen molar-refractivity contribution in [1.82, 2.24) is 10.6 Å². The zero-order chi connectivity index (χ0) is 22.1. The number of hydrogen-bond donors (Lipinski definition) is 3. The van der Waals surface area contributed by atoms with Crippen molar-refractivity contribution in [2.45, 2.75) is 64.6 Å². The molecule has 1 aromatic rings. The molecular weight excluding hydrogens is 386 g/mol. The summed E-state index contributed by atoms with van der Waals surface area (Å²) in [4.78, 5) is 48.8. The van der Waals surface area contributed by atoms with E-state index >= 15 is 0 Å². The molecule has 0 heterocycles. The summed E-state index contributed by atoms with van der Waals surface area (Å²) in [6, 6.07) is 7.37. The van der Waals surface area contributed by atoms with Crippen molar-refractivity contribution in [2.75, 3.05) is 0 Å². The molecule has 0 spiro atoms. The number of ketones is 1. The molecule has 1 aliphatic rings. The highest BCUT2D eigenvalue weighted by molar-refractivity contribution is 5.91. The summed E-state index contributed by atoms with van der Waals surface area (Å²) in [6.07, 6.45) is 1.66. The fourth-order valence-corrected chi connectivity index (χ4v) is 3.63. The highest BCUT2D eigenvalue weighted by atomic mass is 16.5. The molecule has 1 aromatic carbocycles. The van der Waals surface area contributed by atoms with E-state index in [0.29, 0.717) is 25.7 Å². The third-order valence-electron chi connectivity index (χ3n) is 5.12. The highest BCUT2D eigenvalue weighted by Crippen LogP contribution is 2.24. The van der Waals surface area contributed by atoms with Gasteiger partial charge in [0.15, 0.2) is 0 Å². The Hall–Kier alpha value is -2.90. The van der Waals surface area contributed by atoms with Gasteiger partial charge in [-0.15, -0.1) is 0 Å². The molecule has 30 heavy (non-hydrogen) atoms. The lowest BCUT2D eigenvalue weighted by Crippen LogP contribution is -2.56. The Morgan fingerprint density at radius 3 is 2.47 bits per heavy atom. The number of Topliss-reactive ketones (excluding diaryl/α,β-unsaturated/α-hetero) is 1. The summed E-state index contributed by atoms with van der Waals surface area (Å²) < 4.78 is 5.21. The van der Waals surface area contributed by atoms with Gasteiger partial charge in [0.1, 0.15) is 24.5 Å². The predicted octanol–water partition coefficient (Wildman–Crippen LogP) is 2.06. The zero-order valence-corrected chi connectivity index (χ0v) is 17.6. The molecule has 0 aromatic heterocycles. The highest BCUT2D eigenvalue weighted by Gasteiger charge is 2.34. The predicted molar refractivity (Wildman–Crippen MR) is 111 cm³/mol. The fraction of sp³-hybridized carbons (Fsp3) is 0.545. The lowest BCUT2D eigenvalue weighted by Gasteiger charge is -2.30. The Labute approximate surface area is 176 Å². The monoisotopic (exact) mass is 417 g/mol. The van der Waals surface area contributed by atoms with Crippen LogP contribution in [0.2, 0.25) is 0 Å². The first-order valence-corrected chi connectivity index (χ1v) is 10.3. The number of carbonyl (C=O) groups is 4. The minimum Gasteiger partial charge on any atom is -0.445 e. The third kappa shape index (κ3) is 7.50. The van der Waals surface area contributed by atoms with Crippen LogP contribution in [0.15, 0.2) is 30.3 Å². The molecule has 3 atom stereocenters. The SMILES string of the molecule is CC(C)C[C@H](NC(=O)OCc1ccccc1)C(=O)N[C@@H](C(N)=O)[C@H]1CCCC(=O)C1. The molecule has 164 valence electrons. The van der Waals surface area contributed by atoms with Gasteiger partial charge in [-0.25, -0.2) is 4.79 Å². The van der Waals surface area contributed by atoms with Crippen molar-refractivity contribution in [2.24, 2.45) is 17.6 Å². The lowest BCUT2D eigenvalue weighted by molar-refractivity contribution is -0.131. The van der Waals surface area contributed by atoms with Crippen molar-refractivity contribution in [3.8, 4) is 0 Å². The first-order chi connectivity index (χ1) is 14.3. The largest absolute Gasteiger partial charge is 0.445 e. The molecule has 8 nitrogen and oxygen atoms in total. The minimum absolute atomic E-state index is 0.0631. The summed E-state index contributed by atoms with van der Waals surface area (Å²) in [6.45, 7) is 3.92. The number of primary amides is 1. The van der Waals surface area contributed by atoms with Crippen LogP contribution in [-0.4, -0.2) is 35.8 Å². The number of nitrogens with one attached hydrogen (secondary N) is 2. The number of ether oxygens (including phenoxy) is 1. The summed E-state index contributed by atoms with van der Waals surface area (Å²) >= 11 is 0. The Morgan fingerprint density at radius 2 is 1.87 bits per heavy atom. The maximum absolute atomic E-state index is 12.9. The lowest BCUT2D eigenvalue weighted by atomic mass is 9.82. The van der Waals surface area contributed by atoms with Gasteiger partial charge in [0.25, 0.3) is 0 Å². The van der Waals surface area contributed by atoms with Crippen molar-refractivity contribution < 1.29 is 23.9 Å². The molecule has 8 heteroatoms. The number of nitrogens with two attached hydrogens (primary N) is 1. The van der Waals surface area contributed by atoms with E-state index in [9.17, 15) is 19.2 Å². The topological polar surface area (TPSA) is 128 Å². The van der Waals surface area contributed by atoms with Crippen LogP contribution < -0.4 is 16.4 Å². The number of alkyl carbamates (subject to hydrolysis) is 1. The summed E-state index contributed by atoms with van der Waals surface area (Å²) in [5, 5.41) is 5.24. The van der Waals surface area contributed by atoms with E-state index in [1.54, 1.807) is 0 Å². The van der Waals surface area contributed by atoms with Crippen molar-refractivity contribution in [1.29, 1.82) is 0 Å². The smallest absolute Gasteiger partial charge is 0.408 e. The summed E-state index contributed by atoms with van der Waals surface area (Å²) in [5.41, 5.74) is 6.33. The van der Waals surface area contributed by atoms with Gasteiger partial charge in [0.2, 0.25) is 11.8 Å². The zero-order valence-electron chi connectivity index (χ0n) is 17.6. The van der Waals surface area contributed by atoms with E-state index in [2.05, 4.69) is 10.6 Å². The van der Waals surface area contributed by atoms with E-state index < -0.39 is 30.0 Å². The average molecular weight is 418 g/mol. The van der Waals surface area contributed by atoms with Gasteiger partial charge >= 0.3 is 6.09 Å². The second-order valence-electron chi connectivity index (χ2n) is 8.17. The molecule has 1 aliphatic carbocycles. The minimum atomic E-state index is -0.946. The summed E-state index contributed by atoms with van der Waals surface area (Å²) in [7, 11) is 0. The molecule has 1 saturated carbocycles.